The Morgan fingerprint density at radius 1 is 1.39 bits per heavy atom. The Morgan fingerprint density at radius 3 is 2.67 bits per heavy atom. The van der Waals surface area contributed by atoms with Crippen molar-refractivity contribution in [1.82, 2.24) is 5.32 Å². The molecular weight excluding hydrogens is 241 g/mol. The van der Waals surface area contributed by atoms with Gasteiger partial charge in [-0.3, -0.25) is 9.59 Å². The minimum atomic E-state index is -1.16. The molecule has 0 fully saturated rings. The van der Waals surface area contributed by atoms with Crippen LogP contribution in [0.2, 0.25) is 0 Å². The standard InChI is InChI=1S/C11H10FN3O3/c12-8-3-7(4-13)1-2-9(8)14-5-10(16)15-6-11(17)18/h1-3,14H,5-6H2,(H,15,16)(H,17,18). The quantitative estimate of drug-likeness (QED) is 0.699. The molecule has 18 heavy (non-hydrogen) atoms. The van der Waals surface area contributed by atoms with Crippen LogP contribution in [0.5, 0.6) is 0 Å². The van der Waals surface area contributed by atoms with Crippen molar-refractivity contribution < 1.29 is 19.1 Å². The van der Waals surface area contributed by atoms with E-state index in [1.54, 1.807) is 6.07 Å². The maximum atomic E-state index is 13.4. The van der Waals surface area contributed by atoms with Crippen molar-refractivity contribution in [3.63, 3.8) is 0 Å². The summed E-state index contributed by atoms with van der Waals surface area (Å²) in [5.41, 5.74) is 0.243. The van der Waals surface area contributed by atoms with Gasteiger partial charge in [0.25, 0.3) is 0 Å². The largest absolute Gasteiger partial charge is 0.480 e. The van der Waals surface area contributed by atoms with Gasteiger partial charge in [0.15, 0.2) is 0 Å². The zero-order valence-electron chi connectivity index (χ0n) is 9.24. The molecule has 7 heteroatoms. The van der Waals surface area contributed by atoms with Crippen molar-refractivity contribution in [2.75, 3.05) is 18.4 Å². The number of hydrogen-bond acceptors (Lipinski definition) is 4. The number of nitriles is 1. The van der Waals surface area contributed by atoms with Gasteiger partial charge in [0.1, 0.15) is 12.4 Å². The highest BCUT2D eigenvalue weighted by Gasteiger charge is 2.06. The van der Waals surface area contributed by atoms with Crippen LogP contribution in [0.4, 0.5) is 10.1 Å². The molecule has 94 valence electrons. The normalized spacial score (nSPS) is 9.33. The third kappa shape index (κ3) is 4.09. The molecular formula is C11H10FN3O3. The fraction of sp³-hybridized carbons (Fsp3) is 0.182. The van der Waals surface area contributed by atoms with Gasteiger partial charge in [0, 0.05) is 0 Å². The fourth-order valence-corrected chi connectivity index (χ4v) is 1.14. The van der Waals surface area contributed by atoms with Gasteiger partial charge in [-0.1, -0.05) is 0 Å². The number of nitrogens with zero attached hydrogens (tertiary/aromatic N) is 1. The summed E-state index contributed by atoms with van der Waals surface area (Å²) in [6.07, 6.45) is 0. The van der Waals surface area contributed by atoms with Crippen LogP contribution in [-0.2, 0) is 9.59 Å². The summed E-state index contributed by atoms with van der Waals surface area (Å²) in [6, 6.07) is 5.55. The Balaban J connectivity index is 2.51. The topological polar surface area (TPSA) is 102 Å². The first kappa shape index (κ1) is 13.4. The number of amides is 1. The van der Waals surface area contributed by atoms with E-state index in [1.165, 1.54) is 12.1 Å². The Kier molecular flexibility index (Phi) is 4.63. The predicted octanol–water partition coefficient (Wildman–Crippen LogP) is 0.310. The molecule has 1 aromatic carbocycles. The van der Waals surface area contributed by atoms with Crippen molar-refractivity contribution in [2.24, 2.45) is 0 Å². The van der Waals surface area contributed by atoms with Gasteiger partial charge in [-0.2, -0.15) is 5.26 Å². The van der Waals surface area contributed by atoms with E-state index < -0.39 is 24.2 Å². The van der Waals surface area contributed by atoms with Crippen LogP contribution < -0.4 is 10.6 Å². The second-order valence-corrected chi connectivity index (χ2v) is 3.33. The molecule has 0 aliphatic carbocycles. The molecule has 0 aliphatic heterocycles. The van der Waals surface area contributed by atoms with Gasteiger partial charge < -0.3 is 15.7 Å². The van der Waals surface area contributed by atoms with Crippen LogP contribution in [0, 0.1) is 17.1 Å². The lowest BCUT2D eigenvalue weighted by atomic mass is 10.2. The number of carbonyl (C=O) groups excluding carboxylic acids is 1. The average Bonchev–Trinajstić information content (AvgIpc) is 2.34. The number of carbonyl (C=O) groups is 2. The molecule has 6 nitrogen and oxygen atoms in total. The van der Waals surface area contributed by atoms with Crippen LogP contribution in [0.15, 0.2) is 18.2 Å². The molecule has 3 N–H and O–H groups in total. The summed E-state index contributed by atoms with van der Waals surface area (Å²) in [6.45, 7) is -0.744. The highest BCUT2D eigenvalue weighted by Crippen LogP contribution is 2.14. The van der Waals surface area contributed by atoms with Crippen molar-refractivity contribution in [3.8, 4) is 6.07 Å². The SMILES string of the molecule is N#Cc1ccc(NCC(=O)NCC(=O)O)c(F)c1. The lowest BCUT2D eigenvalue weighted by Crippen LogP contribution is -2.33. The minimum Gasteiger partial charge on any atom is -0.480 e. The molecule has 0 aliphatic rings. The summed E-state index contributed by atoms with van der Waals surface area (Å²) >= 11 is 0. The van der Waals surface area contributed by atoms with Gasteiger partial charge in [-0.25, -0.2) is 4.39 Å². The summed E-state index contributed by atoms with van der Waals surface area (Å²) in [5.74, 6) is -2.38. The van der Waals surface area contributed by atoms with Gasteiger partial charge in [0.2, 0.25) is 5.91 Å². The number of halogens is 1. The summed E-state index contributed by atoms with van der Waals surface area (Å²) in [7, 11) is 0. The molecule has 0 radical (unpaired) electrons. The lowest BCUT2D eigenvalue weighted by Gasteiger charge is -2.07. The van der Waals surface area contributed by atoms with E-state index in [0.717, 1.165) is 6.07 Å². The number of aliphatic carboxylic acids is 1. The Labute approximate surface area is 102 Å². The van der Waals surface area contributed by atoms with E-state index in [2.05, 4.69) is 10.6 Å². The molecule has 0 bridgehead atoms. The molecule has 0 aromatic heterocycles. The smallest absolute Gasteiger partial charge is 0.322 e. The zero-order chi connectivity index (χ0) is 13.5. The van der Waals surface area contributed by atoms with Gasteiger partial charge >= 0.3 is 5.97 Å². The number of rotatable bonds is 5. The maximum Gasteiger partial charge on any atom is 0.322 e. The highest BCUT2D eigenvalue weighted by molar-refractivity contribution is 5.84. The molecule has 0 saturated heterocycles. The van der Waals surface area contributed by atoms with Crippen molar-refractivity contribution in [2.45, 2.75) is 0 Å². The molecule has 1 amide bonds. The molecule has 1 aromatic rings. The van der Waals surface area contributed by atoms with E-state index in [0.29, 0.717) is 0 Å². The number of carboxylic acids is 1. The third-order valence-electron chi connectivity index (χ3n) is 1.97. The molecule has 0 spiro atoms. The lowest BCUT2D eigenvalue weighted by molar-refractivity contribution is -0.137. The van der Waals surface area contributed by atoms with Crippen LogP contribution in [0.3, 0.4) is 0 Å². The first-order valence-electron chi connectivity index (χ1n) is 4.95. The maximum absolute atomic E-state index is 13.4. The minimum absolute atomic E-state index is 0.0690. The molecule has 0 heterocycles. The van der Waals surface area contributed by atoms with E-state index in [1.807, 2.05) is 0 Å². The third-order valence-corrected chi connectivity index (χ3v) is 1.97. The molecule has 0 unspecified atom stereocenters. The summed E-state index contributed by atoms with van der Waals surface area (Å²) < 4.78 is 13.4. The Hall–Kier alpha value is -2.62. The van der Waals surface area contributed by atoms with Crippen molar-refractivity contribution >= 4 is 17.6 Å². The van der Waals surface area contributed by atoms with E-state index in [9.17, 15) is 14.0 Å². The monoisotopic (exact) mass is 251 g/mol. The summed E-state index contributed by atoms with van der Waals surface area (Å²) in [5, 5.41) is 21.5. The van der Waals surface area contributed by atoms with Gasteiger partial charge in [0.05, 0.1) is 23.9 Å². The first-order valence-corrected chi connectivity index (χ1v) is 4.95. The van der Waals surface area contributed by atoms with E-state index in [-0.39, 0.29) is 17.8 Å². The Morgan fingerprint density at radius 2 is 2.11 bits per heavy atom. The molecule has 1 rings (SSSR count). The predicted molar refractivity (Wildman–Crippen MR) is 60.3 cm³/mol. The Bertz CT molecular complexity index is 511. The average molecular weight is 251 g/mol. The van der Waals surface area contributed by atoms with Crippen LogP contribution in [0.1, 0.15) is 5.56 Å². The second-order valence-electron chi connectivity index (χ2n) is 3.33. The highest BCUT2D eigenvalue weighted by atomic mass is 19.1. The number of benzene rings is 1. The van der Waals surface area contributed by atoms with Crippen LogP contribution in [-0.4, -0.2) is 30.1 Å². The van der Waals surface area contributed by atoms with Gasteiger partial charge in [-0.05, 0) is 18.2 Å². The summed E-state index contributed by atoms with van der Waals surface area (Å²) in [4.78, 5) is 21.3. The molecule has 0 atom stereocenters. The molecule has 0 saturated carbocycles. The number of nitrogens with one attached hydrogen (secondary N) is 2. The number of anilines is 1. The second kappa shape index (κ2) is 6.20. The van der Waals surface area contributed by atoms with Crippen LogP contribution in [0.25, 0.3) is 0 Å². The van der Waals surface area contributed by atoms with Crippen molar-refractivity contribution in [1.29, 1.82) is 5.26 Å². The van der Waals surface area contributed by atoms with E-state index in [4.69, 9.17) is 10.4 Å². The van der Waals surface area contributed by atoms with Crippen LogP contribution >= 0.6 is 0 Å². The first-order chi connectivity index (χ1) is 8.52. The number of hydrogen-bond donors (Lipinski definition) is 3. The van der Waals surface area contributed by atoms with Gasteiger partial charge in [-0.15, -0.1) is 0 Å². The number of carboxylic acid groups (broad SMARTS) is 1. The van der Waals surface area contributed by atoms with E-state index >= 15 is 0 Å². The zero-order valence-corrected chi connectivity index (χ0v) is 9.24. The van der Waals surface area contributed by atoms with Crippen molar-refractivity contribution in [3.05, 3.63) is 29.6 Å². The fourth-order valence-electron chi connectivity index (χ4n) is 1.14.